The minimum absolute atomic E-state index is 0.123. The van der Waals surface area contributed by atoms with Gasteiger partial charge in [0.25, 0.3) is 0 Å². The van der Waals surface area contributed by atoms with E-state index in [2.05, 4.69) is 15.6 Å². The number of rotatable bonds is 5. The van der Waals surface area contributed by atoms with Crippen molar-refractivity contribution in [2.45, 2.75) is 0 Å². The van der Waals surface area contributed by atoms with Crippen molar-refractivity contribution in [1.29, 1.82) is 0 Å². The molecule has 2 amide bonds. The summed E-state index contributed by atoms with van der Waals surface area (Å²) in [6.45, 7) is 1.09. The van der Waals surface area contributed by atoms with Crippen LogP contribution in [0.1, 0.15) is 5.69 Å². The molecule has 0 aliphatic rings. The average molecular weight is 267 g/mol. The first-order valence-corrected chi connectivity index (χ1v) is 5.87. The molecule has 0 radical (unpaired) electrons. The monoisotopic (exact) mass is 267 g/mol. The lowest BCUT2D eigenvalue weighted by Gasteiger charge is -2.12. The Bertz CT molecular complexity index is 435. The maximum absolute atomic E-state index is 11.2. The molecule has 0 aromatic carbocycles. The number of hydrogen-bond acceptors (Lipinski definition) is 4. The first-order chi connectivity index (χ1) is 8.50. The molecule has 1 aromatic rings. The van der Waals surface area contributed by atoms with Crippen molar-refractivity contribution in [3.63, 3.8) is 0 Å². The molecular weight excluding hydrogens is 250 g/mol. The molecule has 4 N–H and O–H groups in total. The van der Waals surface area contributed by atoms with Crippen LogP contribution < -0.4 is 16.4 Å². The number of nitrogens with zero attached hydrogens (tertiary/aromatic N) is 2. The van der Waals surface area contributed by atoms with Crippen LogP contribution in [0.5, 0.6) is 0 Å². The normalized spacial score (nSPS) is 9.67. The number of amides is 2. The summed E-state index contributed by atoms with van der Waals surface area (Å²) in [7, 11) is 3.38. The van der Waals surface area contributed by atoms with Gasteiger partial charge in [-0.15, -0.1) is 0 Å². The van der Waals surface area contributed by atoms with Crippen LogP contribution in [0.15, 0.2) is 18.2 Å². The van der Waals surface area contributed by atoms with Gasteiger partial charge >= 0.3 is 6.03 Å². The molecule has 18 heavy (non-hydrogen) atoms. The van der Waals surface area contributed by atoms with E-state index in [1.54, 1.807) is 20.2 Å². The van der Waals surface area contributed by atoms with E-state index in [0.717, 1.165) is 0 Å². The number of thiocarbonyl (C=S) groups is 1. The van der Waals surface area contributed by atoms with E-state index in [0.29, 0.717) is 24.6 Å². The Hall–Kier alpha value is -1.89. The highest BCUT2D eigenvalue weighted by atomic mass is 32.1. The molecule has 0 saturated heterocycles. The van der Waals surface area contributed by atoms with E-state index < -0.39 is 0 Å². The maximum Gasteiger partial charge on any atom is 0.316 e. The number of carbonyl (C=O) groups is 1. The van der Waals surface area contributed by atoms with E-state index in [9.17, 15) is 4.79 Å². The van der Waals surface area contributed by atoms with Gasteiger partial charge in [0.2, 0.25) is 0 Å². The van der Waals surface area contributed by atoms with Crippen LogP contribution in [0, 0.1) is 0 Å². The van der Waals surface area contributed by atoms with Crippen molar-refractivity contribution in [2.75, 3.05) is 32.5 Å². The Morgan fingerprint density at radius 2 is 2.17 bits per heavy atom. The molecule has 7 heteroatoms. The van der Waals surface area contributed by atoms with Gasteiger partial charge in [-0.05, 0) is 12.1 Å². The minimum atomic E-state index is -0.123. The Kier molecular flexibility index (Phi) is 5.31. The van der Waals surface area contributed by atoms with Crippen LogP contribution in [0.4, 0.5) is 10.6 Å². The molecule has 0 atom stereocenters. The number of pyridine rings is 1. The van der Waals surface area contributed by atoms with Crippen LogP contribution in [-0.4, -0.2) is 48.1 Å². The summed E-state index contributed by atoms with van der Waals surface area (Å²) in [5.74, 6) is 0.680. The number of nitrogens with two attached hydrogens (primary N) is 1. The Morgan fingerprint density at radius 1 is 1.44 bits per heavy atom. The number of carbonyl (C=O) groups excluding carboxylic acids is 1. The number of nitrogens with one attached hydrogen (secondary N) is 2. The molecule has 1 rings (SSSR count). The maximum atomic E-state index is 11.2. The molecule has 0 saturated carbocycles. The molecule has 0 fully saturated rings. The summed E-state index contributed by atoms with van der Waals surface area (Å²) in [6, 6.07) is 5.26. The molecule has 0 aliphatic carbocycles. The second kappa shape index (κ2) is 6.75. The standard InChI is InChI=1S/C11H17N5OS/c1-16(2)11(17)14-7-6-13-9-5-3-4-8(15-9)10(12)18/h3-5H,6-7H2,1-2H3,(H2,12,18)(H,13,15)(H,14,17). The molecule has 0 unspecified atom stereocenters. The smallest absolute Gasteiger partial charge is 0.316 e. The van der Waals surface area contributed by atoms with Gasteiger partial charge in [0.15, 0.2) is 0 Å². The van der Waals surface area contributed by atoms with Gasteiger partial charge in [0, 0.05) is 27.2 Å². The van der Waals surface area contributed by atoms with E-state index in [4.69, 9.17) is 18.0 Å². The van der Waals surface area contributed by atoms with Crippen molar-refractivity contribution in [2.24, 2.45) is 5.73 Å². The van der Waals surface area contributed by atoms with Crippen molar-refractivity contribution < 1.29 is 4.79 Å². The quantitative estimate of drug-likeness (QED) is 0.531. The highest BCUT2D eigenvalue weighted by molar-refractivity contribution is 7.80. The van der Waals surface area contributed by atoms with Crippen molar-refractivity contribution in [3.05, 3.63) is 23.9 Å². The fourth-order valence-electron chi connectivity index (χ4n) is 1.19. The summed E-state index contributed by atoms with van der Waals surface area (Å²) in [6.07, 6.45) is 0. The number of urea groups is 1. The van der Waals surface area contributed by atoms with E-state index in [-0.39, 0.29) is 11.0 Å². The Morgan fingerprint density at radius 3 is 2.78 bits per heavy atom. The van der Waals surface area contributed by atoms with Crippen LogP contribution in [0.25, 0.3) is 0 Å². The predicted octanol–water partition coefficient (Wildman–Crippen LogP) is 0.399. The van der Waals surface area contributed by atoms with Gasteiger partial charge in [0.05, 0.1) is 5.69 Å². The van der Waals surface area contributed by atoms with Gasteiger partial charge in [-0.3, -0.25) is 0 Å². The van der Waals surface area contributed by atoms with Crippen LogP contribution >= 0.6 is 12.2 Å². The van der Waals surface area contributed by atoms with Gasteiger partial charge in [-0.2, -0.15) is 0 Å². The van der Waals surface area contributed by atoms with Gasteiger partial charge in [0.1, 0.15) is 10.8 Å². The third kappa shape index (κ3) is 4.54. The van der Waals surface area contributed by atoms with Crippen molar-refractivity contribution in [3.8, 4) is 0 Å². The summed E-state index contributed by atoms with van der Waals surface area (Å²) in [5.41, 5.74) is 6.07. The molecule has 98 valence electrons. The molecule has 1 aromatic heterocycles. The molecule has 6 nitrogen and oxygen atoms in total. The van der Waals surface area contributed by atoms with Crippen LogP contribution in [0.3, 0.4) is 0 Å². The zero-order valence-corrected chi connectivity index (χ0v) is 11.3. The highest BCUT2D eigenvalue weighted by Gasteiger charge is 2.02. The SMILES string of the molecule is CN(C)C(=O)NCCNc1cccc(C(N)=S)n1. The Balaban J connectivity index is 2.38. The third-order valence-electron chi connectivity index (χ3n) is 2.12. The molecule has 1 heterocycles. The lowest BCUT2D eigenvalue weighted by atomic mass is 10.3. The molecule has 0 aliphatic heterocycles. The van der Waals surface area contributed by atoms with Crippen LogP contribution in [0.2, 0.25) is 0 Å². The third-order valence-corrected chi connectivity index (χ3v) is 2.32. The topological polar surface area (TPSA) is 83.3 Å². The van der Waals surface area contributed by atoms with Crippen molar-refractivity contribution >= 4 is 29.1 Å². The molecule has 0 spiro atoms. The first kappa shape index (κ1) is 14.2. The van der Waals surface area contributed by atoms with Gasteiger partial charge in [-0.25, -0.2) is 9.78 Å². The van der Waals surface area contributed by atoms with E-state index >= 15 is 0 Å². The fourth-order valence-corrected chi connectivity index (χ4v) is 1.30. The molecule has 0 bridgehead atoms. The highest BCUT2D eigenvalue weighted by Crippen LogP contribution is 2.03. The fraction of sp³-hybridized carbons (Fsp3) is 0.364. The average Bonchev–Trinajstić information content (AvgIpc) is 2.34. The second-order valence-corrected chi connectivity index (χ2v) is 4.27. The zero-order chi connectivity index (χ0) is 13.5. The Labute approximate surface area is 112 Å². The lowest BCUT2D eigenvalue weighted by Crippen LogP contribution is -2.37. The zero-order valence-electron chi connectivity index (χ0n) is 10.4. The second-order valence-electron chi connectivity index (χ2n) is 3.83. The largest absolute Gasteiger partial charge is 0.388 e. The van der Waals surface area contributed by atoms with E-state index in [1.165, 1.54) is 4.90 Å². The summed E-state index contributed by atoms with van der Waals surface area (Å²) in [5, 5.41) is 5.81. The summed E-state index contributed by atoms with van der Waals surface area (Å²) >= 11 is 4.84. The van der Waals surface area contributed by atoms with Crippen molar-refractivity contribution in [1.82, 2.24) is 15.2 Å². The predicted molar refractivity (Wildman–Crippen MR) is 75.7 cm³/mol. The summed E-state index contributed by atoms with van der Waals surface area (Å²) in [4.78, 5) is 17.2. The molecular formula is C11H17N5OS. The summed E-state index contributed by atoms with van der Waals surface area (Å²) < 4.78 is 0. The lowest BCUT2D eigenvalue weighted by molar-refractivity contribution is 0.218. The van der Waals surface area contributed by atoms with Gasteiger partial charge < -0.3 is 21.3 Å². The van der Waals surface area contributed by atoms with Crippen LogP contribution in [-0.2, 0) is 0 Å². The van der Waals surface area contributed by atoms with Gasteiger partial charge in [-0.1, -0.05) is 18.3 Å². The minimum Gasteiger partial charge on any atom is -0.388 e. The van der Waals surface area contributed by atoms with E-state index in [1.807, 2.05) is 12.1 Å². The number of hydrogen-bond donors (Lipinski definition) is 3. The first-order valence-electron chi connectivity index (χ1n) is 5.46. The number of anilines is 1. The number of aromatic nitrogens is 1.